The quantitative estimate of drug-likeness (QED) is 0.630. The molecule has 3 heteroatoms. The van der Waals surface area contributed by atoms with E-state index in [1.54, 1.807) is 0 Å². The topological polar surface area (TPSA) is 32.6 Å². The highest BCUT2D eigenvalue weighted by molar-refractivity contribution is 5.91. The number of fused-ring (bicyclic) bond motifs is 1. The molecule has 0 aromatic heterocycles. The average Bonchev–Trinajstić information content (AvgIpc) is 2.41. The number of quaternary nitrogens is 1. The Hall–Kier alpha value is -1.19. The van der Waals surface area contributed by atoms with Crippen LogP contribution >= 0.6 is 0 Å². The van der Waals surface area contributed by atoms with E-state index in [1.807, 2.05) is 18.2 Å². The van der Waals surface area contributed by atoms with Gasteiger partial charge in [-0.1, -0.05) is 0 Å². The molecule has 0 bridgehead atoms. The molecule has 13 heavy (non-hydrogen) atoms. The zero-order chi connectivity index (χ0) is 9.31. The van der Waals surface area contributed by atoms with E-state index in [0.29, 0.717) is 10.9 Å². The first-order valence-electron chi connectivity index (χ1n) is 4.38. The number of aliphatic hydroxyl groups excluding tert-OH is 1. The summed E-state index contributed by atoms with van der Waals surface area (Å²) in [5, 5.41) is 8.79. The highest BCUT2D eigenvalue weighted by Gasteiger charge is 2.31. The van der Waals surface area contributed by atoms with E-state index in [4.69, 9.17) is 5.11 Å². The molecule has 3 nitrogen and oxygen atoms in total. The van der Waals surface area contributed by atoms with Gasteiger partial charge in [-0.25, -0.2) is 4.48 Å². The predicted molar refractivity (Wildman–Crippen MR) is 51.7 cm³/mol. The molecule has 0 saturated carbocycles. The van der Waals surface area contributed by atoms with Gasteiger partial charge in [0.05, 0.1) is 7.05 Å². The molecule has 68 valence electrons. The molecule has 1 atom stereocenters. The van der Waals surface area contributed by atoms with Gasteiger partial charge < -0.3 is 5.11 Å². The normalized spacial score (nSPS) is 30.0. The van der Waals surface area contributed by atoms with Gasteiger partial charge in [-0.05, 0) is 12.2 Å². The Morgan fingerprint density at radius 1 is 1.46 bits per heavy atom. The Labute approximate surface area is 77.6 Å². The van der Waals surface area contributed by atoms with Crippen LogP contribution in [0.2, 0.25) is 0 Å². The van der Waals surface area contributed by atoms with Crippen LogP contribution in [0.15, 0.2) is 41.3 Å². The van der Waals surface area contributed by atoms with E-state index < -0.39 is 0 Å². The van der Waals surface area contributed by atoms with Gasteiger partial charge in [0.1, 0.15) is 18.1 Å². The standard InChI is InChI=1S/C10H13N2O/c1-12-6-3-2-4-10(12)11-9(8-12)5-7-13/h2-4,6,8,13H,5,7H2,1H3/q+1. The summed E-state index contributed by atoms with van der Waals surface area (Å²) >= 11 is 0. The summed E-state index contributed by atoms with van der Waals surface area (Å²) < 4.78 is 0.631. The third-order valence-electron chi connectivity index (χ3n) is 2.29. The van der Waals surface area contributed by atoms with Crippen molar-refractivity contribution in [3.05, 3.63) is 36.3 Å². The van der Waals surface area contributed by atoms with Crippen molar-refractivity contribution in [1.82, 2.24) is 0 Å². The third-order valence-corrected chi connectivity index (χ3v) is 2.29. The summed E-state index contributed by atoms with van der Waals surface area (Å²) in [4.78, 5) is 4.42. The van der Waals surface area contributed by atoms with Crippen LogP contribution in [0.25, 0.3) is 0 Å². The highest BCUT2D eigenvalue weighted by atomic mass is 16.3. The third kappa shape index (κ3) is 1.36. The van der Waals surface area contributed by atoms with Gasteiger partial charge in [-0.15, -0.1) is 0 Å². The van der Waals surface area contributed by atoms with Crippen molar-refractivity contribution < 1.29 is 9.59 Å². The van der Waals surface area contributed by atoms with Crippen molar-refractivity contribution in [3.8, 4) is 0 Å². The van der Waals surface area contributed by atoms with Gasteiger partial charge in [-0.2, -0.15) is 4.99 Å². The Balaban J connectivity index is 2.31. The van der Waals surface area contributed by atoms with Gasteiger partial charge in [-0.3, -0.25) is 0 Å². The highest BCUT2D eigenvalue weighted by Crippen LogP contribution is 2.24. The van der Waals surface area contributed by atoms with Crippen LogP contribution in [0.5, 0.6) is 0 Å². The van der Waals surface area contributed by atoms with E-state index >= 15 is 0 Å². The van der Waals surface area contributed by atoms with E-state index in [1.165, 1.54) is 0 Å². The second-order valence-corrected chi connectivity index (χ2v) is 3.41. The van der Waals surface area contributed by atoms with Crippen molar-refractivity contribution in [3.63, 3.8) is 0 Å². The second-order valence-electron chi connectivity index (χ2n) is 3.41. The summed E-state index contributed by atoms with van der Waals surface area (Å²) in [7, 11) is 2.07. The van der Waals surface area contributed by atoms with Gasteiger partial charge >= 0.3 is 0 Å². The number of hydrogen-bond acceptors (Lipinski definition) is 2. The lowest BCUT2D eigenvalue weighted by Gasteiger charge is -2.22. The maximum atomic E-state index is 8.79. The molecule has 0 saturated heterocycles. The molecule has 0 aromatic rings. The maximum Gasteiger partial charge on any atom is 0.237 e. The first-order chi connectivity index (χ1) is 6.24. The minimum atomic E-state index is 0.163. The number of nitrogens with zero attached hydrogens (tertiary/aromatic N) is 2. The monoisotopic (exact) mass is 177 g/mol. The molecule has 0 aliphatic carbocycles. The van der Waals surface area contributed by atoms with Crippen molar-refractivity contribution in [2.24, 2.45) is 4.99 Å². The smallest absolute Gasteiger partial charge is 0.237 e. The number of likely N-dealkylation sites (N-methyl/N-ethyl adjacent to an activating group) is 1. The van der Waals surface area contributed by atoms with Crippen LogP contribution in [0, 0.1) is 0 Å². The fraction of sp³-hybridized carbons (Fsp3) is 0.300. The van der Waals surface area contributed by atoms with Crippen LogP contribution in [0.1, 0.15) is 6.42 Å². The van der Waals surface area contributed by atoms with Gasteiger partial charge in [0, 0.05) is 19.1 Å². The number of hydrogen-bond donors (Lipinski definition) is 1. The first kappa shape index (κ1) is 8.41. The molecule has 1 unspecified atom stereocenters. The maximum absolute atomic E-state index is 8.79. The molecule has 2 rings (SSSR count). The molecule has 2 aliphatic heterocycles. The van der Waals surface area contributed by atoms with Crippen molar-refractivity contribution in [1.29, 1.82) is 0 Å². The van der Waals surface area contributed by atoms with E-state index in [0.717, 1.165) is 11.5 Å². The molecular weight excluding hydrogens is 164 g/mol. The van der Waals surface area contributed by atoms with Crippen LogP contribution < -0.4 is 0 Å². The fourth-order valence-electron chi connectivity index (χ4n) is 1.58. The minimum absolute atomic E-state index is 0.163. The summed E-state index contributed by atoms with van der Waals surface area (Å²) in [5.74, 6) is 1.02. The molecule has 0 aromatic carbocycles. The summed E-state index contributed by atoms with van der Waals surface area (Å²) in [6, 6.07) is 0. The Morgan fingerprint density at radius 2 is 2.31 bits per heavy atom. The zero-order valence-electron chi connectivity index (χ0n) is 7.64. The lowest BCUT2D eigenvalue weighted by Crippen LogP contribution is -2.36. The largest absolute Gasteiger partial charge is 0.396 e. The lowest BCUT2D eigenvalue weighted by atomic mass is 10.3. The summed E-state index contributed by atoms with van der Waals surface area (Å²) in [5.41, 5.74) is 0.969. The second kappa shape index (κ2) is 2.94. The Bertz CT molecular complexity index is 339. The molecule has 2 aliphatic rings. The number of amidine groups is 1. The van der Waals surface area contributed by atoms with Crippen molar-refractivity contribution in [2.75, 3.05) is 13.7 Å². The molecule has 0 spiro atoms. The van der Waals surface area contributed by atoms with Crippen molar-refractivity contribution in [2.45, 2.75) is 6.42 Å². The van der Waals surface area contributed by atoms with Gasteiger partial charge in [0.25, 0.3) is 0 Å². The molecule has 2 heterocycles. The van der Waals surface area contributed by atoms with Crippen LogP contribution in [0.3, 0.4) is 0 Å². The molecular formula is C10H13N2O+. The molecule has 0 fully saturated rings. The Morgan fingerprint density at radius 3 is 3.00 bits per heavy atom. The number of rotatable bonds is 2. The first-order valence-corrected chi connectivity index (χ1v) is 4.38. The SMILES string of the molecule is C[N+]12C=CC=CC1=NC(CCO)=C2. The minimum Gasteiger partial charge on any atom is -0.396 e. The average molecular weight is 177 g/mol. The summed E-state index contributed by atoms with van der Waals surface area (Å²) in [6.45, 7) is 0.163. The predicted octanol–water partition coefficient (Wildman–Crippen LogP) is 1.15. The van der Waals surface area contributed by atoms with Crippen LogP contribution in [-0.2, 0) is 0 Å². The molecule has 0 radical (unpaired) electrons. The number of aliphatic hydroxyl groups is 1. The van der Waals surface area contributed by atoms with Crippen molar-refractivity contribution >= 4 is 5.84 Å². The number of aliphatic imine (C=N–C) groups is 1. The van der Waals surface area contributed by atoms with Gasteiger partial charge in [0.15, 0.2) is 0 Å². The van der Waals surface area contributed by atoms with E-state index in [9.17, 15) is 0 Å². The summed E-state index contributed by atoms with van der Waals surface area (Å²) in [6.07, 6.45) is 10.8. The molecule has 0 amide bonds. The van der Waals surface area contributed by atoms with E-state index in [2.05, 4.69) is 24.4 Å². The van der Waals surface area contributed by atoms with Gasteiger partial charge in [0.2, 0.25) is 5.84 Å². The lowest BCUT2D eigenvalue weighted by molar-refractivity contribution is -0.703. The zero-order valence-corrected chi connectivity index (χ0v) is 7.64. The molecule has 1 N–H and O–H groups in total. The Kier molecular flexibility index (Phi) is 1.90. The van der Waals surface area contributed by atoms with Crippen LogP contribution in [0.4, 0.5) is 0 Å². The number of allylic oxidation sites excluding steroid dienone is 2. The van der Waals surface area contributed by atoms with Crippen LogP contribution in [-0.4, -0.2) is 29.1 Å². The fourth-order valence-corrected chi connectivity index (χ4v) is 1.58. The van der Waals surface area contributed by atoms with E-state index in [-0.39, 0.29) is 6.61 Å².